The lowest BCUT2D eigenvalue weighted by atomic mass is 9.94. The van der Waals surface area contributed by atoms with Crippen molar-refractivity contribution in [1.29, 1.82) is 0 Å². The van der Waals surface area contributed by atoms with Crippen LogP contribution in [0.1, 0.15) is 29.6 Å². The van der Waals surface area contributed by atoms with Crippen LogP contribution in [0.4, 0.5) is 5.69 Å². The number of halogens is 2. The van der Waals surface area contributed by atoms with E-state index in [4.69, 9.17) is 4.74 Å². The molecule has 1 unspecified atom stereocenters. The molecule has 0 heterocycles. The second-order valence-electron chi connectivity index (χ2n) is 4.83. The third kappa shape index (κ3) is 3.85. The molecule has 0 radical (unpaired) electrons. The SMILES string of the molecule is COC(=O)c1cc(Br)cc(Br)c1NCC1CC=CCC1. The van der Waals surface area contributed by atoms with Gasteiger partial charge in [0.2, 0.25) is 0 Å². The fourth-order valence-electron chi connectivity index (χ4n) is 2.31. The first-order chi connectivity index (χ1) is 9.61. The summed E-state index contributed by atoms with van der Waals surface area (Å²) in [6.07, 6.45) is 7.87. The molecule has 20 heavy (non-hydrogen) atoms. The minimum atomic E-state index is -0.335. The molecule has 0 aliphatic heterocycles. The van der Waals surface area contributed by atoms with Crippen molar-refractivity contribution in [3.8, 4) is 0 Å². The van der Waals surface area contributed by atoms with Crippen molar-refractivity contribution < 1.29 is 9.53 Å². The number of rotatable bonds is 4. The zero-order valence-electron chi connectivity index (χ0n) is 11.3. The van der Waals surface area contributed by atoms with E-state index in [0.29, 0.717) is 11.5 Å². The van der Waals surface area contributed by atoms with Crippen LogP contribution in [0.5, 0.6) is 0 Å². The Kier molecular flexibility index (Phi) is 5.66. The fourth-order valence-corrected chi connectivity index (χ4v) is 3.68. The molecule has 0 spiro atoms. The van der Waals surface area contributed by atoms with E-state index in [2.05, 4.69) is 49.3 Å². The highest BCUT2D eigenvalue weighted by molar-refractivity contribution is 9.11. The van der Waals surface area contributed by atoms with Crippen LogP contribution in [0.3, 0.4) is 0 Å². The zero-order valence-corrected chi connectivity index (χ0v) is 14.5. The molecule has 1 aromatic carbocycles. The molecule has 0 aromatic heterocycles. The molecule has 1 N–H and O–H groups in total. The van der Waals surface area contributed by atoms with E-state index < -0.39 is 0 Å². The van der Waals surface area contributed by atoms with Gasteiger partial charge in [0.15, 0.2) is 0 Å². The molecule has 3 nitrogen and oxygen atoms in total. The monoisotopic (exact) mass is 401 g/mol. The van der Waals surface area contributed by atoms with Crippen molar-refractivity contribution >= 4 is 43.5 Å². The molecule has 0 amide bonds. The zero-order chi connectivity index (χ0) is 14.5. The van der Waals surface area contributed by atoms with Crippen molar-refractivity contribution in [3.63, 3.8) is 0 Å². The lowest BCUT2D eigenvalue weighted by Gasteiger charge is -2.20. The average molecular weight is 403 g/mol. The van der Waals surface area contributed by atoms with Crippen molar-refractivity contribution in [2.24, 2.45) is 5.92 Å². The van der Waals surface area contributed by atoms with E-state index in [9.17, 15) is 4.79 Å². The molecule has 0 saturated carbocycles. The Balaban J connectivity index is 2.16. The number of anilines is 1. The van der Waals surface area contributed by atoms with Crippen LogP contribution in [-0.4, -0.2) is 19.6 Å². The lowest BCUT2D eigenvalue weighted by molar-refractivity contribution is 0.0601. The number of carbonyl (C=O) groups is 1. The highest BCUT2D eigenvalue weighted by Gasteiger charge is 2.17. The second kappa shape index (κ2) is 7.27. The molecule has 1 aliphatic rings. The number of allylic oxidation sites excluding steroid dienone is 2. The van der Waals surface area contributed by atoms with Gasteiger partial charge >= 0.3 is 5.97 Å². The number of benzene rings is 1. The van der Waals surface area contributed by atoms with E-state index in [-0.39, 0.29) is 5.97 Å². The number of hydrogen-bond donors (Lipinski definition) is 1. The summed E-state index contributed by atoms with van der Waals surface area (Å²) in [5.41, 5.74) is 1.34. The van der Waals surface area contributed by atoms with E-state index in [1.54, 1.807) is 6.07 Å². The Morgan fingerprint density at radius 2 is 2.20 bits per heavy atom. The molecule has 1 aromatic rings. The Morgan fingerprint density at radius 3 is 2.85 bits per heavy atom. The molecular weight excluding hydrogens is 386 g/mol. The van der Waals surface area contributed by atoms with Gasteiger partial charge in [-0.1, -0.05) is 28.1 Å². The van der Waals surface area contributed by atoms with Gasteiger partial charge in [-0.2, -0.15) is 0 Å². The van der Waals surface area contributed by atoms with Crippen LogP contribution >= 0.6 is 31.9 Å². The molecule has 5 heteroatoms. The molecule has 2 rings (SSSR count). The quantitative estimate of drug-likeness (QED) is 0.582. The van der Waals surface area contributed by atoms with Gasteiger partial charge in [-0.05, 0) is 53.2 Å². The average Bonchev–Trinajstić information content (AvgIpc) is 2.46. The van der Waals surface area contributed by atoms with Crippen LogP contribution in [-0.2, 0) is 4.74 Å². The Hall–Kier alpha value is -0.810. The second-order valence-corrected chi connectivity index (χ2v) is 6.60. The smallest absolute Gasteiger partial charge is 0.340 e. The molecule has 0 saturated heterocycles. The van der Waals surface area contributed by atoms with Crippen molar-refractivity contribution in [1.82, 2.24) is 0 Å². The Bertz CT molecular complexity index is 529. The fraction of sp³-hybridized carbons (Fsp3) is 0.400. The number of carbonyl (C=O) groups excluding carboxylic acids is 1. The predicted octanol–water partition coefficient (Wildman–Crippen LogP) is 4.77. The first kappa shape index (κ1) is 15.6. The maximum Gasteiger partial charge on any atom is 0.340 e. The molecule has 0 fully saturated rings. The van der Waals surface area contributed by atoms with Gasteiger partial charge in [0.25, 0.3) is 0 Å². The van der Waals surface area contributed by atoms with Gasteiger partial charge in [0.1, 0.15) is 0 Å². The molecule has 1 aliphatic carbocycles. The Labute approximate surface area is 136 Å². The normalized spacial score (nSPS) is 17.9. The summed E-state index contributed by atoms with van der Waals surface area (Å²) in [4.78, 5) is 11.9. The topological polar surface area (TPSA) is 38.3 Å². The maximum absolute atomic E-state index is 11.9. The Morgan fingerprint density at radius 1 is 1.40 bits per heavy atom. The highest BCUT2D eigenvalue weighted by atomic mass is 79.9. The third-order valence-corrected chi connectivity index (χ3v) is 4.49. The van der Waals surface area contributed by atoms with Gasteiger partial charge in [0.05, 0.1) is 18.4 Å². The summed E-state index contributed by atoms with van der Waals surface area (Å²) in [5, 5.41) is 3.39. The standard InChI is InChI=1S/C15H17Br2NO2/c1-20-15(19)12-7-11(16)8-13(17)14(12)18-9-10-5-3-2-4-6-10/h2-3,7-8,10,18H,4-6,9H2,1H3. The van der Waals surface area contributed by atoms with Crippen molar-refractivity contribution in [2.45, 2.75) is 19.3 Å². The number of hydrogen-bond acceptors (Lipinski definition) is 3. The molecular formula is C15H17Br2NO2. The van der Waals surface area contributed by atoms with E-state index >= 15 is 0 Å². The van der Waals surface area contributed by atoms with Crippen LogP contribution < -0.4 is 5.32 Å². The van der Waals surface area contributed by atoms with Crippen LogP contribution in [0.2, 0.25) is 0 Å². The first-order valence-corrected chi connectivity index (χ1v) is 8.16. The molecule has 108 valence electrons. The van der Waals surface area contributed by atoms with Gasteiger partial charge in [-0.3, -0.25) is 0 Å². The molecule has 1 atom stereocenters. The van der Waals surface area contributed by atoms with Crippen LogP contribution in [0.25, 0.3) is 0 Å². The summed E-state index contributed by atoms with van der Waals surface area (Å²) in [6.45, 7) is 0.856. The van der Waals surface area contributed by atoms with Crippen LogP contribution in [0, 0.1) is 5.92 Å². The van der Waals surface area contributed by atoms with Gasteiger partial charge in [-0.15, -0.1) is 0 Å². The summed E-state index contributed by atoms with van der Waals surface area (Å²) in [7, 11) is 1.40. The van der Waals surface area contributed by atoms with Crippen molar-refractivity contribution in [3.05, 3.63) is 38.8 Å². The van der Waals surface area contributed by atoms with Crippen LogP contribution in [0.15, 0.2) is 33.2 Å². The van der Waals surface area contributed by atoms with E-state index in [1.165, 1.54) is 13.5 Å². The third-order valence-electron chi connectivity index (χ3n) is 3.41. The summed E-state index contributed by atoms with van der Waals surface area (Å²) < 4.78 is 6.55. The number of nitrogens with one attached hydrogen (secondary N) is 1. The van der Waals surface area contributed by atoms with Gasteiger partial charge < -0.3 is 10.1 Å². The molecule has 0 bridgehead atoms. The first-order valence-electron chi connectivity index (χ1n) is 6.58. The minimum Gasteiger partial charge on any atom is -0.465 e. The predicted molar refractivity (Wildman–Crippen MR) is 88.2 cm³/mol. The summed E-state index contributed by atoms with van der Waals surface area (Å²) >= 11 is 6.90. The van der Waals surface area contributed by atoms with Gasteiger partial charge in [0, 0.05) is 15.5 Å². The minimum absolute atomic E-state index is 0.335. The maximum atomic E-state index is 11.9. The summed E-state index contributed by atoms with van der Waals surface area (Å²) in [6, 6.07) is 3.70. The highest BCUT2D eigenvalue weighted by Crippen LogP contribution is 2.32. The largest absolute Gasteiger partial charge is 0.465 e. The van der Waals surface area contributed by atoms with Gasteiger partial charge in [-0.25, -0.2) is 4.79 Å². The number of ether oxygens (including phenoxy) is 1. The van der Waals surface area contributed by atoms with E-state index in [0.717, 1.165) is 34.0 Å². The number of esters is 1. The van der Waals surface area contributed by atoms with E-state index in [1.807, 2.05) is 6.07 Å². The number of methoxy groups -OCH3 is 1. The lowest BCUT2D eigenvalue weighted by Crippen LogP contribution is -2.17. The van der Waals surface area contributed by atoms with Crippen molar-refractivity contribution in [2.75, 3.05) is 19.0 Å². The summed E-state index contributed by atoms with van der Waals surface area (Å²) in [5.74, 6) is 0.277.